The van der Waals surface area contributed by atoms with Gasteiger partial charge in [0.05, 0.1) is 0 Å². The first-order chi connectivity index (χ1) is 8.91. The molecular formula is C13H22N2O2S2. The Morgan fingerprint density at radius 1 is 1.47 bits per heavy atom. The summed E-state index contributed by atoms with van der Waals surface area (Å²) in [5, 5.41) is 3.31. The van der Waals surface area contributed by atoms with Gasteiger partial charge in [0.25, 0.3) is 10.0 Å². The molecule has 1 aliphatic rings. The molecule has 2 rings (SSSR count). The normalized spacial score (nSPS) is 21.4. The van der Waals surface area contributed by atoms with Gasteiger partial charge in [-0.25, -0.2) is 8.42 Å². The molecule has 6 heteroatoms. The number of nitrogens with zero attached hydrogens (tertiary/aromatic N) is 1. The first-order valence-corrected chi connectivity index (χ1v) is 9.01. The SMILES string of the molecule is CC(C)NCc1ccc(S(=O)(=O)N2CCCC2C)s1. The van der Waals surface area contributed by atoms with Gasteiger partial charge in [0.15, 0.2) is 0 Å². The standard InChI is InChI=1S/C13H22N2O2S2/c1-10(2)14-9-12-6-7-13(18-12)19(16,17)15-8-4-5-11(15)3/h6-7,10-11,14H,4-5,8-9H2,1-3H3. The van der Waals surface area contributed by atoms with Gasteiger partial charge in [-0.2, -0.15) is 4.31 Å². The van der Waals surface area contributed by atoms with Crippen molar-refractivity contribution >= 4 is 21.4 Å². The van der Waals surface area contributed by atoms with Crippen LogP contribution >= 0.6 is 11.3 Å². The number of sulfonamides is 1. The zero-order valence-electron chi connectivity index (χ0n) is 11.7. The molecule has 0 aliphatic carbocycles. The van der Waals surface area contributed by atoms with Gasteiger partial charge in [0.2, 0.25) is 0 Å². The van der Waals surface area contributed by atoms with Crippen molar-refractivity contribution in [1.82, 2.24) is 9.62 Å². The lowest BCUT2D eigenvalue weighted by Gasteiger charge is -2.19. The number of nitrogens with one attached hydrogen (secondary N) is 1. The van der Waals surface area contributed by atoms with Crippen LogP contribution in [0, 0.1) is 0 Å². The average Bonchev–Trinajstić information content (AvgIpc) is 2.95. The summed E-state index contributed by atoms with van der Waals surface area (Å²) in [5.41, 5.74) is 0. The summed E-state index contributed by atoms with van der Waals surface area (Å²) in [6.07, 6.45) is 1.93. The number of thiophene rings is 1. The van der Waals surface area contributed by atoms with Crippen LogP contribution in [0.1, 0.15) is 38.5 Å². The Bertz CT molecular complexity index is 523. The van der Waals surface area contributed by atoms with Gasteiger partial charge in [-0.05, 0) is 31.9 Å². The zero-order chi connectivity index (χ0) is 14.0. The molecular weight excluding hydrogens is 280 g/mol. The maximum absolute atomic E-state index is 12.5. The van der Waals surface area contributed by atoms with Crippen LogP contribution in [-0.2, 0) is 16.6 Å². The Morgan fingerprint density at radius 2 is 2.21 bits per heavy atom. The minimum absolute atomic E-state index is 0.129. The Hall–Kier alpha value is -0.430. The number of rotatable bonds is 5. The monoisotopic (exact) mass is 302 g/mol. The van der Waals surface area contributed by atoms with E-state index in [1.54, 1.807) is 10.4 Å². The van der Waals surface area contributed by atoms with Crippen LogP contribution in [0.25, 0.3) is 0 Å². The highest BCUT2D eigenvalue weighted by Crippen LogP contribution is 2.30. The summed E-state index contributed by atoms with van der Waals surface area (Å²) in [6, 6.07) is 4.18. The minimum Gasteiger partial charge on any atom is -0.310 e. The Labute approximate surface area is 119 Å². The fraction of sp³-hybridized carbons (Fsp3) is 0.692. The van der Waals surface area contributed by atoms with Gasteiger partial charge < -0.3 is 5.32 Å². The fourth-order valence-electron chi connectivity index (χ4n) is 2.28. The van der Waals surface area contributed by atoms with Crippen LogP contribution in [0.15, 0.2) is 16.3 Å². The molecule has 1 N–H and O–H groups in total. The zero-order valence-corrected chi connectivity index (χ0v) is 13.4. The number of hydrogen-bond acceptors (Lipinski definition) is 4. The third kappa shape index (κ3) is 3.37. The molecule has 1 atom stereocenters. The highest BCUT2D eigenvalue weighted by Gasteiger charge is 2.33. The van der Waals surface area contributed by atoms with E-state index in [0.29, 0.717) is 16.8 Å². The highest BCUT2D eigenvalue weighted by molar-refractivity contribution is 7.91. The van der Waals surface area contributed by atoms with Gasteiger partial charge in [0, 0.05) is 30.1 Å². The summed E-state index contributed by atoms with van der Waals surface area (Å²) >= 11 is 1.38. The predicted molar refractivity (Wildman–Crippen MR) is 78.9 cm³/mol. The van der Waals surface area contributed by atoms with E-state index in [0.717, 1.165) is 24.3 Å². The summed E-state index contributed by atoms with van der Waals surface area (Å²) in [6.45, 7) is 7.53. The molecule has 0 aromatic carbocycles. The summed E-state index contributed by atoms with van der Waals surface area (Å²) in [4.78, 5) is 1.07. The van der Waals surface area contributed by atoms with E-state index in [1.165, 1.54) is 11.3 Å². The maximum atomic E-state index is 12.5. The Balaban J connectivity index is 2.13. The van der Waals surface area contributed by atoms with Crippen LogP contribution in [0.3, 0.4) is 0 Å². The van der Waals surface area contributed by atoms with Crippen molar-refractivity contribution in [1.29, 1.82) is 0 Å². The summed E-state index contributed by atoms with van der Waals surface area (Å²) in [7, 11) is -3.28. The molecule has 1 saturated heterocycles. The van der Waals surface area contributed by atoms with Crippen LogP contribution in [-0.4, -0.2) is 31.4 Å². The smallest absolute Gasteiger partial charge is 0.252 e. The van der Waals surface area contributed by atoms with Crippen LogP contribution in [0.2, 0.25) is 0 Å². The molecule has 0 saturated carbocycles. The largest absolute Gasteiger partial charge is 0.310 e. The van der Waals surface area contributed by atoms with Crippen LogP contribution in [0.5, 0.6) is 0 Å². The van der Waals surface area contributed by atoms with Gasteiger partial charge in [-0.1, -0.05) is 13.8 Å². The van der Waals surface area contributed by atoms with E-state index in [4.69, 9.17) is 0 Å². The Kier molecular flexibility index (Phi) is 4.66. The second kappa shape index (κ2) is 5.91. The van der Waals surface area contributed by atoms with Crippen LogP contribution < -0.4 is 5.32 Å². The summed E-state index contributed by atoms with van der Waals surface area (Å²) in [5.74, 6) is 0. The van der Waals surface area contributed by atoms with Crippen molar-refractivity contribution in [3.63, 3.8) is 0 Å². The molecule has 0 radical (unpaired) electrons. The molecule has 1 aliphatic heterocycles. The van der Waals surface area contributed by atoms with Crippen molar-refractivity contribution < 1.29 is 8.42 Å². The molecule has 1 aromatic heterocycles. The van der Waals surface area contributed by atoms with E-state index in [9.17, 15) is 8.42 Å². The third-order valence-corrected chi connectivity index (χ3v) is 6.94. The average molecular weight is 302 g/mol. The lowest BCUT2D eigenvalue weighted by atomic mass is 10.3. The lowest BCUT2D eigenvalue weighted by molar-refractivity contribution is 0.409. The highest BCUT2D eigenvalue weighted by atomic mass is 32.2. The van der Waals surface area contributed by atoms with Crippen molar-refractivity contribution in [3.05, 3.63) is 17.0 Å². The Morgan fingerprint density at radius 3 is 2.79 bits per heavy atom. The van der Waals surface area contributed by atoms with E-state index < -0.39 is 10.0 Å². The molecule has 0 spiro atoms. The molecule has 1 unspecified atom stereocenters. The molecule has 4 nitrogen and oxygen atoms in total. The minimum atomic E-state index is -3.28. The fourth-order valence-corrected chi connectivity index (χ4v) is 5.41. The molecule has 19 heavy (non-hydrogen) atoms. The van der Waals surface area contributed by atoms with E-state index in [2.05, 4.69) is 19.2 Å². The molecule has 1 aromatic rings. The summed E-state index contributed by atoms with van der Waals surface area (Å²) < 4.78 is 27.1. The van der Waals surface area contributed by atoms with Crippen molar-refractivity contribution in [2.75, 3.05) is 6.54 Å². The van der Waals surface area contributed by atoms with Gasteiger partial charge in [-0.3, -0.25) is 0 Å². The van der Waals surface area contributed by atoms with E-state index >= 15 is 0 Å². The van der Waals surface area contributed by atoms with Crippen molar-refractivity contribution in [3.8, 4) is 0 Å². The molecule has 0 amide bonds. The van der Waals surface area contributed by atoms with Gasteiger partial charge >= 0.3 is 0 Å². The molecule has 1 fully saturated rings. The molecule has 0 bridgehead atoms. The topological polar surface area (TPSA) is 49.4 Å². The second-order valence-corrected chi connectivity index (χ2v) is 8.65. The van der Waals surface area contributed by atoms with Gasteiger partial charge in [-0.15, -0.1) is 11.3 Å². The first-order valence-electron chi connectivity index (χ1n) is 6.75. The second-order valence-electron chi connectivity index (χ2n) is 5.36. The third-order valence-electron chi connectivity index (χ3n) is 3.38. The predicted octanol–water partition coefficient (Wildman–Crippen LogP) is 2.42. The van der Waals surface area contributed by atoms with Crippen molar-refractivity contribution in [2.45, 2.75) is 56.5 Å². The quantitative estimate of drug-likeness (QED) is 0.909. The lowest BCUT2D eigenvalue weighted by Crippen LogP contribution is -2.33. The van der Waals surface area contributed by atoms with E-state index in [-0.39, 0.29) is 6.04 Å². The van der Waals surface area contributed by atoms with E-state index in [1.807, 2.05) is 13.0 Å². The number of hydrogen-bond donors (Lipinski definition) is 1. The van der Waals surface area contributed by atoms with Gasteiger partial charge in [0.1, 0.15) is 4.21 Å². The molecule has 2 heterocycles. The van der Waals surface area contributed by atoms with Crippen molar-refractivity contribution in [2.24, 2.45) is 0 Å². The molecule has 108 valence electrons. The van der Waals surface area contributed by atoms with Crippen LogP contribution in [0.4, 0.5) is 0 Å². The first kappa shape index (κ1) is 15.0. The maximum Gasteiger partial charge on any atom is 0.252 e.